The largest absolute Gasteiger partial charge is 0.380 e. The zero-order valence-electron chi connectivity index (χ0n) is 10.4. The number of ether oxygens (including phenoxy) is 1. The molecule has 0 aliphatic carbocycles. The molecule has 4 nitrogen and oxygen atoms in total. The minimum atomic E-state index is -0.174. The van der Waals surface area contributed by atoms with E-state index in [-0.39, 0.29) is 5.91 Å². The van der Waals surface area contributed by atoms with Gasteiger partial charge in [0.05, 0.1) is 6.61 Å². The van der Waals surface area contributed by atoms with E-state index in [1.807, 2.05) is 24.3 Å². The summed E-state index contributed by atoms with van der Waals surface area (Å²) in [5, 5.41) is 2.87. The summed E-state index contributed by atoms with van der Waals surface area (Å²) in [5.74, 6) is -0.174. The number of nitrogens with zero attached hydrogens (tertiary/aromatic N) is 1. The molecule has 0 aliphatic heterocycles. The number of nitrogens with one attached hydrogen (secondary N) is 1. The Kier molecular flexibility index (Phi) is 4.65. The van der Waals surface area contributed by atoms with Gasteiger partial charge in [-0.05, 0) is 34.1 Å². The van der Waals surface area contributed by atoms with Crippen LogP contribution in [0.2, 0.25) is 0 Å². The fourth-order valence-corrected chi connectivity index (χ4v) is 2.03. The van der Waals surface area contributed by atoms with Crippen LogP contribution in [0.15, 0.2) is 47.2 Å². The second-order valence-corrected chi connectivity index (χ2v) is 4.72. The second-order valence-electron chi connectivity index (χ2n) is 3.91. The van der Waals surface area contributed by atoms with Gasteiger partial charge in [0.2, 0.25) is 0 Å². The van der Waals surface area contributed by atoms with Gasteiger partial charge in [-0.15, -0.1) is 0 Å². The number of benzene rings is 1. The first-order valence-corrected chi connectivity index (χ1v) is 6.50. The van der Waals surface area contributed by atoms with Crippen LogP contribution in [-0.2, 0) is 11.3 Å². The quantitative estimate of drug-likeness (QED) is 0.880. The van der Waals surface area contributed by atoms with Crippen LogP contribution in [0.1, 0.15) is 15.9 Å². The van der Waals surface area contributed by atoms with Crippen LogP contribution in [0.3, 0.4) is 0 Å². The Bertz CT molecular complexity index is 587. The van der Waals surface area contributed by atoms with Gasteiger partial charge in [0.15, 0.2) is 0 Å². The average Bonchev–Trinajstić information content (AvgIpc) is 2.41. The molecule has 0 unspecified atom stereocenters. The molecule has 1 heterocycles. The van der Waals surface area contributed by atoms with E-state index in [1.165, 1.54) is 0 Å². The molecule has 0 atom stereocenters. The van der Waals surface area contributed by atoms with E-state index < -0.39 is 0 Å². The van der Waals surface area contributed by atoms with Crippen LogP contribution < -0.4 is 5.32 Å². The Hall–Kier alpha value is -1.72. The summed E-state index contributed by atoms with van der Waals surface area (Å²) in [6.07, 6.45) is 1.58. The molecule has 19 heavy (non-hydrogen) atoms. The number of carbonyl (C=O) groups is 1. The lowest BCUT2D eigenvalue weighted by molar-refractivity contribution is 0.102. The van der Waals surface area contributed by atoms with E-state index >= 15 is 0 Å². The zero-order chi connectivity index (χ0) is 13.7. The summed E-state index contributed by atoms with van der Waals surface area (Å²) in [5.41, 5.74) is 2.24. The first kappa shape index (κ1) is 13.7. The summed E-state index contributed by atoms with van der Waals surface area (Å²) in [6.45, 7) is 0.455. The number of carbonyl (C=O) groups excluding carboxylic acids is 1. The van der Waals surface area contributed by atoms with Crippen molar-refractivity contribution < 1.29 is 9.53 Å². The first-order valence-electron chi connectivity index (χ1n) is 5.70. The molecule has 0 bridgehead atoms. The number of halogens is 1. The number of para-hydroxylation sites is 1. The Morgan fingerprint density at radius 1 is 1.37 bits per heavy atom. The molecule has 0 radical (unpaired) electrons. The van der Waals surface area contributed by atoms with Crippen LogP contribution in [0.25, 0.3) is 0 Å². The standard InChI is InChI=1S/C14H13BrN2O2/c1-19-9-11-4-2-3-5-12(11)17-14(18)10-6-7-16-13(15)8-10/h2-8H,9H2,1H3,(H,17,18). The van der Waals surface area contributed by atoms with Crippen molar-refractivity contribution in [1.29, 1.82) is 0 Å². The number of amides is 1. The summed E-state index contributed by atoms with van der Waals surface area (Å²) >= 11 is 3.24. The van der Waals surface area contributed by atoms with Gasteiger partial charge in [-0.2, -0.15) is 0 Å². The average molecular weight is 321 g/mol. The highest BCUT2D eigenvalue weighted by atomic mass is 79.9. The molecule has 0 fully saturated rings. The van der Waals surface area contributed by atoms with Crippen molar-refractivity contribution in [1.82, 2.24) is 4.98 Å². The van der Waals surface area contributed by atoms with Gasteiger partial charge in [-0.25, -0.2) is 4.98 Å². The van der Waals surface area contributed by atoms with Gasteiger partial charge in [0.1, 0.15) is 4.60 Å². The Labute approximate surface area is 119 Å². The second kappa shape index (κ2) is 6.45. The Morgan fingerprint density at radius 3 is 2.89 bits per heavy atom. The van der Waals surface area contributed by atoms with E-state index in [4.69, 9.17) is 4.74 Å². The van der Waals surface area contributed by atoms with Crippen LogP contribution in [0.5, 0.6) is 0 Å². The summed E-state index contributed by atoms with van der Waals surface area (Å²) in [6, 6.07) is 10.9. The zero-order valence-corrected chi connectivity index (χ0v) is 12.0. The number of methoxy groups -OCH3 is 1. The molecule has 2 aromatic rings. The van der Waals surface area contributed by atoms with Crippen molar-refractivity contribution in [3.05, 3.63) is 58.3 Å². The minimum absolute atomic E-state index is 0.174. The third-order valence-corrected chi connectivity index (χ3v) is 2.99. The fraction of sp³-hybridized carbons (Fsp3) is 0.143. The van der Waals surface area contributed by atoms with E-state index in [0.29, 0.717) is 16.8 Å². The van der Waals surface area contributed by atoms with E-state index in [0.717, 1.165) is 11.3 Å². The van der Waals surface area contributed by atoms with Gasteiger partial charge < -0.3 is 10.1 Å². The van der Waals surface area contributed by atoms with Crippen molar-refractivity contribution in [3.63, 3.8) is 0 Å². The molecule has 0 aliphatic rings. The SMILES string of the molecule is COCc1ccccc1NC(=O)c1ccnc(Br)c1. The molecule has 1 N–H and O–H groups in total. The van der Waals surface area contributed by atoms with E-state index in [1.54, 1.807) is 25.4 Å². The molecule has 1 amide bonds. The molecular formula is C14H13BrN2O2. The van der Waals surface area contributed by atoms with Crippen molar-refractivity contribution >= 4 is 27.5 Å². The summed E-state index contributed by atoms with van der Waals surface area (Å²) < 4.78 is 5.74. The van der Waals surface area contributed by atoms with E-state index in [9.17, 15) is 4.79 Å². The third kappa shape index (κ3) is 3.62. The van der Waals surface area contributed by atoms with Crippen LogP contribution >= 0.6 is 15.9 Å². The maximum atomic E-state index is 12.1. The number of anilines is 1. The topological polar surface area (TPSA) is 51.2 Å². The number of pyridine rings is 1. The lowest BCUT2D eigenvalue weighted by Gasteiger charge is -2.10. The highest BCUT2D eigenvalue weighted by Crippen LogP contribution is 2.17. The Morgan fingerprint density at radius 2 is 2.16 bits per heavy atom. The smallest absolute Gasteiger partial charge is 0.255 e. The maximum Gasteiger partial charge on any atom is 0.255 e. The number of hydrogen-bond donors (Lipinski definition) is 1. The predicted molar refractivity (Wildman–Crippen MR) is 77.0 cm³/mol. The molecule has 0 saturated carbocycles. The van der Waals surface area contributed by atoms with Crippen LogP contribution in [-0.4, -0.2) is 18.0 Å². The minimum Gasteiger partial charge on any atom is -0.380 e. The lowest BCUT2D eigenvalue weighted by atomic mass is 10.1. The summed E-state index contributed by atoms with van der Waals surface area (Å²) in [7, 11) is 1.62. The fourth-order valence-electron chi connectivity index (χ4n) is 1.66. The van der Waals surface area contributed by atoms with Gasteiger partial charge in [-0.3, -0.25) is 4.79 Å². The first-order chi connectivity index (χ1) is 9.20. The summed E-state index contributed by atoms with van der Waals surface area (Å²) in [4.78, 5) is 16.1. The predicted octanol–water partition coefficient (Wildman–Crippen LogP) is 3.24. The number of hydrogen-bond acceptors (Lipinski definition) is 3. The molecule has 1 aromatic carbocycles. The van der Waals surface area contributed by atoms with Gasteiger partial charge in [-0.1, -0.05) is 18.2 Å². The highest BCUT2D eigenvalue weighted by molar-refractivity contribution is 9.10. The molecule has 5 heteroatoms. The van der Waals surface area contributed by atoms with Gasteiger partial charge >= 0.3 is 0 Å². The number of rotatable bonds is 4. The lowest BCUT2D eigenvalue weighted by Crippen LogP contribution is -2.13. The third-order valence-electron chi connectivity index (χ3n) is 2.55. The van der Waals surface area contributed by atoms with Crippen LogP contribution in [0, 0.1) is 0 Å². The van der Waals surface area contributed by atoms with Crippen molar-refractivity contribution in [2.45, 2.75) is 6.61 Å². The molecule has 1 aromatic heterocycles. The monoisotopic (exact) mass is 320 g/mol. The maximum absolute atomic E-state index is 12.1. The van der Waals surface area contributed by atoms with Crippen LogP contribution in [0.4, 0.5) is 5.69 Å². The molecular weight excluding hydrogens is 308 g/mol. The van der Waals surface area contributed by atoms with Gasteiger partial charge in [0.25, 0.3) is 5.91 Å². The molecule has 98 valence electrons. The molecule has 0 saturated heterocycles. The van der Waals surface area contributed by atoms with E-state index in [2.05, 4.69) is 26.2 Å². The molecule has 2 rings (SSSR count). The van der Waals surface area contributed by atoms with Crippen molar-refractivity contribution in [2.24, 2.45) is 0 Å². The molecule has 0 spiro atoms. The normalized spacial score (nSPS) is 10.2. The highest BCUT2D eigenvalue weighted by Gasteiger charge is 2.09. The van der Waals surface area contributed by atoms with Gasteiger partial charge in [0, 0.05) is 30.1 Å². The number of aromatic nitrogens is 1. The van der Waals surface area contributed by atoms with Crippen molar-refractivity contribution in [3.8, 4) is 0 Å². The van der Waals surface area contributed by atoms with Crippen molar-refractivity contribution in [2.75, 3.05) is 12.4 Å². The Balaban J connectivity index is 2.19.